The van der Waals surface area contributed by atoms with Crippen molar-refractivity contribution in [3.8, 4) is 0 Å². The molecule has 19 heavy (non-hydrogen) atoms. The average molecular weight is 297 g/mol. The van der Waals surface area contributed by atoms with Crippen LogP contribution >= 0.6 is 11.3 Å². The Morgan fingerprint density at radius 1 is 1.32 bits per heavy atom. The minimum Gasteiger partial charge on any atom is -0.379 e. The van der Waals surface area contributed by atoms with Crippen molar-refractivity contribution in [2.24, 2.45) is 0 Å². The number of aryl methyl sites for hydroxylation is 1. The Morgan fingerprint density at radius 2 is 2.05 bits per heavy atom. The number of thiazole rings is 1. The summed E-state index contributed by atoms with van der Waals surface area (Å²) >= 11 is 1.59. The maximum absolute atomic E-state index is 11.9. The van der Waals surface area contributed by atoms with Crippen molar-refractivity contribution < 1.29 is 8.42 Å². The van der Waals surface area contributed by atoms with Gasteiger partial charge in [-0.1, -0.05) is 12.1 Å². The zero-order chi connectivity index (χ0) is 13.9. The second kappa shape index (κ2) is 5.68. The molecule has 1 aromatic carbocycles. The molecule has 0 radical (unpaired) electrons. The topological polar surface area (TPSA) is 71.1 Å². The van der Waals surface area contributed by atoms with Crippen molar-refractivity contribution in [2.45, 2.75) is 18.4 Å². The molecule has 0 saturated carbocycles. The standard InChI is InChI=1S/C12H15N3O2S2/c1-9-14-7-10(18-9)8-15-11-5-3-4-6-12(11)19(16,17)13-2/h3-7,13,15H,8H2,1-2H3. The molecule has 2 N–H and O–H groups in total. The second-order valence-corrected chi connectivity index (χ2v) is 7.08. The molecule has 0 fully saturated rings. The molecule has 0 spiro atoms. The van der Waals surface area contributed by atoms with Gasteiger partial charge in [-0.05, 0) is 26.1 Å². The van der Waals surface area contributed by atoms with Gasteiger partial charge in [0, 0.05) is 11.1 Å². The third-order valence-electron chi connectivity index (χ3n) is 2.57. The number of hydrogen-bond donors (Lipinski definition) is 2. The summed E-state index contributed by atoms with van der Waals surface area (Å²) in [5.74, 6) is 0. The van der Waals surface area contributed by atoms with Crippen molar-refractivity contribution in [3.63, 3.8) is 0 Å². The Balaban J connectivity index is 2.21. The lowest BCUT2D eigenvalue weighted by Crippen LogP contribution is -2.20. The quantitative estimate of drug-likeness (QED) is 0.885. The van der Waals surface area contributed by atoms with Crippen LogP contribution in [0, 0.1) is 6.92 Å². The van der Waals surface area contributed by atoms with E-state index in [-0.39, 0.29) is 4.90 Å². The molecule has 0 amide bonds. The Kier molecular flexibility index (Phi) is 4.18. The number of rotatable bonds is 5. The molecule has 0 aliphatic rings. The SMILES string of the molecule is CNS(=O)(=O)c1ccccc1NCc1cnc(C)s1. The first-order valence-electron chi connectivity index (χ1n) is 5.70. The summed E-state index contributed by atoms with van der Waals surface area (Å²) in [6, 6.07) is 6.82. The third kappa shape index (κ3) is 3.31. The lowest BCUT2D eigenvalue weighted by molar-refractivity contribution is 0.588. The summed E-state index contributed by atoms with van der Waals surface area (Å²) in [5.41, 5.74) is 0.586. The Morgan fingerprint density at radius 3 is 2.68 bits per heavy atom. The summed E-state index contributed by atoms with van der Waals surface area (Å²) in [5, 5.41) is 4.13. The van der Waals surface area contributed by atoms with E-state index in [2.05, 4.69) is 15.0 Å². The first kappa shape index (κ1) is 14.0. The minimum atomic E-state index is -3.45. The number of nitrogens with one attached hydrogen (secondary N) is 2. The number of sulfonamides is 1. The van der Waals surface area contributed by atoms with E-state index >= 15 is 0 Å². The number of benzene rings is 1. The molecule has 0 atom stereocenters. The van der Waals surface area contributed by atoms with Gasteiger partial charge in [0.15, 0.2) is 0 Å². The zero-order valence-electron chi connectivity index (χ0n) is 10.7. The predicted octanol–water partition coefficient (Wildman–Crippen LogP) is 1.97. The van der Waals surface area contributed by atoms with Crippen molar-refractivity contribution in [1.82, 2.24) is 9.71 Å². The molecule has 1 aromatic heterocycles. The van der Waals surface area contributed by atoms with E-state index in [9.17, 15) is 8.42 Å². The first-order chi connectivity index (χ1) is 9.03. The maximum Gasteiger partial charge on any atom is 0.242 e. The van der Waals surface area contributed by atoms with Crippen molar-refractivity contribution in [3.05, 3.63) is 40.3 Å². The molecule has 0 unspecified atom stereocenters. The molecule has 0 saturated heterocycles. The van der Waals surface area contributed by atoms with E-state index in [4.69, 9.17) is 0 Å². The van der Waals surface area contributed by atoms with Gasteiger partial charge in [-0.3, -0.25) is 0 Å². The molecule has 0 bridgehead atoms. The van der Waals surface area contributed by atoms with Gasteiger partial charge in [0.25, 0.3) is 0 Å². The average Bonchev–Trinajstić information content (AvgIpc) is 2.82. The Bertz CT molecular complexity index is 665. The second-order valence-electron chi connectivity index (χ2n) is 3.90. The highest BCUT2D eigenvalue weighted by Crippen LogP contribution is 2.22. The van der Waals surface area contributed by atoms with Gasteiger partial charge < -0.3 is 5.32 Å². The van der Waals surface area contributed by atoms with Gasteiger partial charge in [0.05, 0.1) is 17.2 Å². The van der Waals surface area contributed by atoms with Crippen LogP contribution in [0.5, 0.6) is 0 Å². The third-order valence-corrected chi connectivity index (χ3v) is 4.95. The van der Waals surface area contributed by atoms with Crippen LogP contribution in [0.4, 0.5) is 5.69 Å². The molecular formula is C12H15N3O2S2. The summed E-state index contributed by atoms with van der Waals surface area (Å²) < 4.78 is 26.1. The fourth-order valence-electron chi connectivity index (χ4n) is 1.63. The fourth-order valence-corrected chi connectivity index (χ4v) is 3.27. The van der Waals surface area contributed by atoms with Gasteiger partial charge in [0.2, 0.25) is 10.0 Å². The van der Waals surface area contributed by atoms with E-state index in [0.29, 0.717) is 12.2 Å². The van der Waals surface area contributed by atoms with Crippen LogP contribution in [-0.2, 0) is 16.6 Å². The Hall–Kier alpha value is -1.44. The highest BCUT2D eigenvalue weighted by molar-refractivity contribution is 7.89. The predicted molar refractivity (Wildman–Crippen MR) is 76.9 cm³/mol. The van der Waals surface area contributed by atoms with Crippen LogP contribution < -0.4 is 10.0 Å². The number of anilines is 1. The monoisotopic (exact) mass is 297 g/mol. The molecule has 2 rings (SSSR count). The van der Waals surface area contributed by atoms with Crippen LogP contribution in [0.1, 0.15) is 9.88 Å². The van der Waals surface area contributed by atoms with Crippen molar-refractivity contribution in [2.75, 3.05) is 12.4 Å². The summed E-state index contributed by atoms with van der Waals surface area (Å²) in [7, 11) is -2.05. The molecule has 102 valence electrons. The van der Waals surface area contributed by atoms with Crippen LogP contribution in [0.3, 0.4) is 0 Å². The molecular weight excluding hydrogens is 282 g/mol. The minimum absolute atomic E-state index is 0.249. The number of hydrogen-bond acceptors (Lipinski definition) is 5. The van der Waals surface area contributed by atoms with Gasteiger partial charge in [-0.25, -0.2) is 18.1 Å². The zero-order valence-corrected chi connectivity index (χ0v) is 12.3. The van der Waals surface area contributed by atoms with Gasteiger partial charge in [-0.2, -0.15) is 0 Å². The highest BCUT2D eigenvalue weighted by Gasteiger charge is 2.15. The molecule has 0 aliphatic heterocycles. The number of nitrogens with zero attached hydrogens (tertiary/aromatic N) is 1. The molecule has 2 aromatic rings. The summed E-state index contributed by atoms with van der Waals surface area (Å²) in [6.07, 6.45) is 1.79. The summed E-state index contributed by atoms with van der Waals surface area (Å²) in [6.45, 7) is 2.50. The summed E-state index contributed by atoms with van der Waals surface area (Å²) in [4.78, 5) is 5.48. The van der Waals surface area contributed by atoms with Gasteiger partial charge in [-0.15, -0.1) is 11.3 Å². The molecule has 0 aliphatic carbocycles. The molecule has 5 nitrogen and oxygen atoms in total. The maximum atomic E-state index is 11.9. The van der Waals surface area contributed by atoms with E-state index < -0.39 is 10.0 Å². The van der Waals surface area contributed by atoms with Crippen LogP contribution in [0.25, 0.3) is 0 Å². The Labute approximate surface area is 116 Å². The largest absolute Gasteiger partial charge is 0.379 e. The van der Waals surface area contributed by atoms with Crippen LogP contribution in [0.2, 0.25) is 0 Å². The molecule has 7 heteroatoms. The van der Waals surface area contributed by atoms with E-state index in [1.165, 1.54) is 7.05 Å². The van der Waals surface area contributed by atoms with Gasteiger partial charge in [0.1, 0.15) is 4.90 Å². The van der Waals surface area contributed by atoms with Gasteiger partial charge >= 0.3 is 0 Å². The lowest BCUT2D eigenvalue weighted by atomic mass is 10.3. The normalized spacial score (nSPS) is 11.5. The highest BCUT2D eigenvalue weighted by atomic mass is 32.2. The lowest BCUT2D eigenvalue weighted by Gasteiger charge is -2.10. The van der Waals surface area contributed by atoms with E-state index in [1.807, 2.05) is 6.92 Å². The van der Waals surface area contributed by atoms with Crippen LogP contribution in [0.15, 0.2) is 35.4 Å². The smallest absolute Gasteiger partial charge is 0.242 e. The van der Waals surface area contributed by atoms with E-state index in [0.717, 1.165) is 9.88 Å². The fraction of sp³-hybridized carbons (Fsp3) is 0.250. The molecule has 1 heterocycles. The van der Waals surface area contributed by atoms with Crippen molar-refractivity contribution in [1.29, 1.82) is 0 Å². The van der Waals surface area contributed by atoms with Crippen molar-refractivity contribution >= 4 is 27.0 Å². The number of aromatic nitrogens is 1. The van der Waals surface area contributed by atoms with E-state index in [1.54, 1.807) is 41.8 Å². The van der Waals surface area contributed by atoms with Crippen LogP contribution in [-0.4, -0.2) is 20.4 Å². The first-order valence-corrected chi connectivity index (χ1v) is 8.00. The number of para-hydroxylation sites is 1.